The van der Waals surface area contributed by atoms with Gasteiger partial charge in [-0.05, 0) is 60.2 Å². The Morgan fingerprint density at radius 3 is 2.39 bits per heavy atom. The van der Waals surface area contributed by atoms with Crippen LogP contribution in [0, 0.1) is 11.6 Å². The van der Waals surface area contributed by atoms with Crippen molar-refractivity contribution in [1.82, 2.24) is 4.90 Å². The van der Waals surface area contributed by atoms with Crippen LogP contribution in [0.15, 0.2) is 65.1 Å². The van der Waals surface area contributed by atoms with Crippen LogP contribution < -0.4 is 10.2 Å². The predicted molar refractivity (Wildman–Crippen MR) is 126 cm³/mol. The number of hydrogen-bond donors (Lipinski definition) is 2. The molecule has 2 aliphatic rings. The summed E-state index contributed by atoms with van der Waals surface area (Å²) in [5.41, 5.74) is 2.13. The van der Waals surface area contributed by atoms with Crippen LogP contribution in [0.2, 0.25) is 0 Å². The van der Waals surface area contributed by atoms with Crippen LogP contribution in [-0.4, -0.2) is 34.7 Å². The molecule has 0 aromatic heterocycles. The van der Waals surface area contributed by atoms with Crippen molar-refractivity contribution in [2.45, 2.75) is 25.0 Å². The van der Waals surface area contributed by atoms with Crippen molar-refractivity contribution >= 4 is 33.2 Å². The second-order valence-corrected chi connectivity index (χ2v) is 9.44. The van der Waals surface area contributed by atoms with E-state index in [1.165, 1.54) is 6.07 Å². The third kappa shape index (κ3) is 4.09. The smallest absolute Gasteiger partial charge is 0.262 e. The summed E-state index contributed by atoms with van der Waals surface area (Å²) >= 11 is 3.49. The number of phenolic OH excluding ortho intramolecular Hbond substituents is 1. The maximum atomic E-state index is 13.6. The van der Waals surface area contributed by atoms with Crippen LogP contribution in [0.25, 0.3) is 0 Å². The van der Waals surface area contributed by atoms with Crippen molar-refractivity contribution in [2.24, 2.45) is 0 Å². The first-order chi connectivity index (χ1) is 15.8. The molecule has 0 bridgehead atoms. The number of amides is 1. The molecular weight excluding hydrogens is 492 g/mol. The van der Waals surface area contributed by atoms with E-state index in [-0.39, 0.29) is 11.7 Å². The summed E-state index contributed by atoms with van der Waals surface area (Å²) in [5.74, 6) is -1.66. The summed E-state index contributed by atoms with van der Waals surface area (Å²) in [4.78, 5) is 17.6. The van der Waals surface area contributed by atoms with Crippen LogP contribution in [0.4, 0.5) is 20.2 Å². The van der Waals surface area contributed by atoms with Gasteiger partial charge in [-0.2, -0.15) is 0 Å². The normalized spacial score (nSPS) is 17.7. The van der Waals surface area contributed by atoms with Crippen LogP contribution in [0.1, 0.15) is 28.8 Å². The molecule has 1 saturated heterocycles. The molecule has 2 aliphatic heterocycles. The zero-order valence-electron chi connectivity index (χ0n) is 17.7. The molecule has 5 nitrogen and oxygen atoms in total. The summed E-state index contributed by atoms with van der Waals surface area (Å²) in [5, 5.41) is 13.4. The topological polar surface area (TPSA) is 55.8 Å². The molecule has 170 valence electrons. The molecule has 5 rings (SSSR count). The number of benzene rings is 3. The van der Waals surface area contributed by atoms with Crippen molar-refractivity contribution < 1.29 is 18.7 Å². The van der Waals surface area contributed by atoms with E-state index >= 15 is 0 Å². The highest BCUT2D eigenvalue weighted by Crippen LogP contribution is 2.42. The van der Waals surface area contributed by atoms with Crippen molar-refractivity contribution in [3.8, 4) is 5.75 Å². The fourth-order valence-corrected chi connectivity index (χ4v) is 5.08. The van der Waals surface area contributed by atoms with Gasteiger partial charge in [-0.1, -0.05) is 22.0 Å². The second-order valence-electron chi connectivity index (χ2n) is 8.53. The zero-order valence-corrected chi connectivity index (χ0v) is 19.3. The highest BCUT2D eigenvalue weighted by atomic mass is 79.9. The number of anilines is 2. The van der Waals surface area contributed by atoms with Crippen molar-refractivity contribution in [1.29, 1.82) is 0 Å². The largest absolute Gasteiger partial charge is 0.508 e. The van der Waals surface area contributed by atoms with Gasteiger partial charge >= 0.3 is 0 Å². The van der Waals surface area contributed by atoms with Gasteiger partial charge in [-0.15, -0.1) is 0 Å². The Kier molecular flexibility index (Phi) is 5.58. The lowest BCUT2D eigenvalue weighted by Crippen LogP contribution is -2.64. The zero-order chi connectivity index (χ0) is 23.2. The van der Waals surface area contributed by atoms with E-state index in [4.69, 9.17) is 0 Å². The summed E-state index contributed by atoms with van der Waals surface area (Å²) in [7, 11) is 0. The Balaban J connectivity index is 1.44. The molecule has 2 N–H and O–H groups in total. The molecule has 0 unspecified atom stereocenters. The number of carbonyl (C=O) groups excluding carboxylic acids is 1. The van der Waals surface area contributed by atoms with E-state index in [0.717, 1.165) is 16.2 Å². The molecule has 0 aliphatic carbocycles. The van der Waals surface area contributed by atoms with E-state index in [0.29, 0.717) is 49.3 Å². The molecule has 0 atom stereocenters. The quantitative estimate of drug-likeness (QED) is 0.485. The van der Waals surface area contributed by atoms with Gasteiger partial charge < -0.3 is 10.4 Å². The minimum absolute atomic E-state index is 0.101. The first-order valence-electron chi connectivity index (χ1n) is 10.7. The minimum atomic E-state index is -0.851. The SMILES string of the molecule is O=C1c2ccc(Br)cc2NC2(CCN(Cc3ccc(F)c(F)c3)CC2)N1c1ccc(O)cc1. The van der Waals surface area contributed by atoms with E-state index < -0.39 is 17.3 Å². The van der Waals surface area contributed by atoms with Gasteiger partial charge in [0.15, 0.2) is 11.6 Å². The monoisotopic (exact) mass is 513 g/mol. The molecule has 1 spiro atoms. The number of aromatic hydroxyl groups is 1. The fraction of sp³-hybridized carbons (Fsp3) is 0.240. The van der Waals surface area contributed by atoms with Crippen LogP contribution >= 0.6 is 15.9 Å². The number of nitrogens with zero attached hydrogens (tertiary/aromatic N) is 2. The molecule has 2 heterocycles. The van der Waals surface area contributed by atoms with E-state index in [2.05, 4.69) is 26.1 Å². The van der Waals surface area contributed by atoms with Crippen molar-refractivity contribution in [2.75, 3.05) is 23.3 Å². The Morgan fingerprint density at radius 2 is 1.70 bits per heavy atom. The second kappa shape index (κ2) is 8.43. The molecule has 1 amide bonds. The van der Waals surface area contributed by atoms with Crippen molar-refractivity contribution in [3.05, 3.63) is 87.9 Å². The number of carbonyl (C=O) groups is 1. The highest BCUT2D eigenvalue weighted by molar-refractivity contribution is 9.10. The first kappa shape index (κ1) is 21.9. The van der Waals surface area contributed by atoms with E-state index in [9.17, 15) is 18.7 Å². The van der Waals surface area contributed by atoms with Gasteiger partial charge in [-0.3, -0.25) is 14.6 Å². The Hall–Kier alpha value is -2.97. The summed E-state index contributed by atoms with van der Waals surface area (Å²) in [6, 6.07) is 16.2. The lowest BCUT2D eigenvalue weighted by atomic mass is 9.89. The fourth-order valence-electron chi connectivity index (χ4n) is 4.72. The molecule has 3 aromatic carbocycles. The van der Waals surface area contributed by atoms with Crippen LogP contribution in [0.3, 0.4) is 0 Å². The average molecular weight is 514 g/mol. The Morgan fingerprint density at radius 1 is 0.970 bits per heavy atom. The van der Waals surface area contributed by atoms with Gasteiger partial charge in [0.05, 0.1) is 5.56 Å². The molecular formula is C25H22BrF2N3O2. The summed E-state index contributed by atoms with van der Waals surface area (Å²) < 4.78 is 27.8. The third-order valence-corrected chi connectivity index (χ3v) is 6.89. The Bertz CT molecular complexity index is 1210. The van der Waals surface area contributed by atoms with Crippen molar-refractivity contribution in [3.63, 3.8) is 0 Å². The molecule has 33 heavy (non-hydrogen) atoms. The molecule has 3 aromatic rings. The van der Waals surface area contributed by atoms with E-state index in [1.807, 2.05) is 12.1 Å². The van der Waals surface area contributed by atoms with Crippen LogP contribution in [-0.2, 0) is 6.54 Å². The number of likely N-dealkylation sites (tertiary alicyclic amines) is 1. The molecule has 8 heteroatoms. The minimum Gasteiger partial charge on any atom is -0.508 e. The van der Waals surface area contributed by atoms with Gasteiger partial charge in [0.1, 0.15) is 11.4 Å². The van der Waals surface area contributed by atoms with Gasteiger partial charge in [-0.25, -0.2) is 8.78 Å². The average Bonchev–Trinajstić information content (AvgIpc) is 2.79. The number of phenols is 1. The van der Waals surface area contributed by atoms with E-state index in [1.54, 1.807) is 41.3 Å². The summed E-state index contributed by atoms with van der Waals surface area (Å²) in [6.45, 7) is 1.83. The maximum absolute atomic E-state index is 13.6. The highest BCUT2D eigenvalue weighted by Gasteiger charge is 2.47. The first-order valence-corrected chi connectivity index (χ1v) is 11.5. The predicted octanol–water partition coefficient (Wildman–Crippen LogP) is 5.50. The number of piperidine rings is 1. The third-order valence-electron chi connectivity index (χ3n) is 6.39. The molecule has 0 saturated carbocycles. The number of halogens is 3. The lowest BCUT2D eigenvalue weighted by molar-refractivity contribution is 0.0904. The molecule has 0 radical (unpaired) electrons. The molecule has 1 fully saturated rings. The van der Waals surface area contributed by atoms with Gasteiger partial charge in [0, 0.05) is 48.3 Å². The van der Waals surface area contributed by atoms with Gasteiger partial charge in [0.25, 0.3) is 5.91 Å². The van der Waals surface area contributed by atoms with Crippen LogP contribution in [0.5, 0.6) is 5.75 Å². The number of nitrogens with one attached hydrogen (secondary N) is 1. The van der Waals surface area contributed by atoms with Gasteiger partial charge in [0.2, 0.25) is 0 Å². The summed E-state index contributed by atoms with van der Waals surface area (Å²) in [6.07, 6.45) is 1.27. The number of hydrogen-bond acceptors (Lipinski definition) is 4. The lowest BCUT2D eigenvalue weighted by Gasteiger charge is -2.52. The standard InChI is InChI=1S/C25H22BrF2N3O2/c26-17-2-7-20-23(14-17)29-25(31(24(20)33)18-3-5-19(32)6-4-18)9-11-30(12-10-25)15-16-1-8-21(27)22(28)13-16/h1-8,13-14,29,32H,9-12,15H2. The Labute approximate surface area is 198 Å². The number of rotatable bonds is 3. The number of fused-ring (bicyclic) bond motifs is 1. The maximum Gasteiger partial charge on any atom is 0.262 e.